The van der Waals surface area contributed by atoms with Crippen LogP contribution in [0.2, 0.25) is 0 Å². The number of ether oxygens (including phenoxy) is 2. The van der Waals surface area contributed by atoms with Gasteiger partial charge in [-0.05, 0) is 35.9 Å². The lowest BCUT2D eigenvalue weighted by Crippen LogP contribution is -2.19. The van der Waals surface area contributed by atoms with Gasteiger partial charge in [-0.3, -0.25) is 20.2 Å². The fourth-order valence-electron chi connectivity index (χ4n) is 3.87. The summed E-state index contributed by atoms with van der Waals surface area (Å²) >= 11 is 0. The highest BCUT2D eigenvalue weighted by molar-refractivity contribution is 5.55. The summed E-state index contributed by atoms with van der Waals surface area (Å²) in [5.74, 6) is -0.156. The SMILES string of the molecule is CC(C)(c1ccccc1)c1ccc(Oc2ccc(O)c([N+](=O)[O-])c2)cc1Oc1ccc(O)c([N+](=O)[O-])c1. The molecule has 0 saturated heterocycles. The van der Waals surface area contributed by atoms with Crippen molar-refractivity contribution in [3.05, 3.63) is 116 Å². The summed E-state index contributed by atoms with van der Waals surface area (Å²) < 4.78 is 11.9. The molecule has 0 aliphatic carbocycles. The summed E-state index contributed by atoms with van der Waals surface area (Å²) in [4.78, 5) is 21.0. The first-order valence-corrected chi connectivity index (χ1v) is 11.1. The number of phenols is 2. The third-order valence-electron chi connectivity index (χ3n) is 5.87. The minimum atomic E-state index is -0.722. The van der Waals surface area contributed by atoms with Gasteiger partial charge in [-0.25, -0.2) is 0 Å². The summed E-state index contributed by atoms with van der Waals surface area (Å²) in [6.07, 6.45) is 0. The molecule has 188 valence electrons. The Bertz CT molecular complexity index is 1490. The topological polar surface area (TPSA) is 145 Å². The van der Waals surface area contributed by atoms with Gasteiger partial charge < -0.3 is 19.7 Å². The van der Waals surface area contributed by atoms with Gasteiger partial charge in [0, 0.05) is 17.0 Å². The highest BCUT2D eigenvalue weighted by Crippen LogP contribution is 2.43. The Morgan fingerprint density at radius 3 is 1.70 bits per heavy atom. The third kappa shape index (κ3) is 5.27. The van der Waals surface area contributed by atoms with Crippen LogP contribution in [0.1, 0.15) is 25.0 Å². The number of hydrogen-bond donors (Lipinski definition) is 2. The zero-order valence-electron chi connectivity index (χ0n) is 19.8. The van der Waals surface area contributed by atoms with E-state index in [1.165, 1.54) is 18.2 Å². The van der Waals surface area contributed by atoms with Crippen LogP contribution in [0.25, 0.3) is 0 Å². The minimum absolute atomic E-state index is 0.116. The maximum atomic E-state index is 11.3. The molecule has 0 radical (unpaired) electrons. The molecule has 4 aromatic rings. The van der Waals surface area contributed by atoms with Crippen molar-refractivity contribution in [2.75, 3.05) is 0 Å². The van der Waals surface area contributed by atoms with Gasteiger partial charge in [-0.1, -0.05) is 50.2 Å². The van der Waals surface area contributed by atoms with Gasteiger partial charge in [0.05, 0.1) is 22.0 Å². The van der Waals surface area contributed by atoms with E-state index in [1.54, 1.807) is 18.2 Å². The lowest BCUT2D eigenvalue weighted by Gasteiger charge is -2.28. The molecule has 10 nitrogen and oxygen atoms in total. The maximum Gasteiger partial charge on any atom is 0.314 e. The van der Waals surface area contributed by atoms with Crippen LogP contribution in [0, 0.1) is 20.2 Å². The number of hydrogen-bond acceptors (Lipinski definition) is 8. The van der Waals surface area contributed by atoms with E-state index in [0.29, 0.717) is 5.75 Å². The van der Waals surface area contributed by atoms with Crippen molar-refractivity contribution in [2.45, 2.75) is 19.3 Å². The van der Waals surface area contributed by atoms with Gasteiger partial charge in [-0.15, -0.1) is 0 Å². The van der Waals surface area contributed by atoms with E-state index < -0.39 is 38.1 Å². The van der Waals surface area contributed by atoms with Crippen LogP contribution in [-0.4, -0.2) is 20.1 Å². The van der Waals surface area contributed by atoms with Crippen LogP contribution in [0.4, 0.5) is 11.4 Å². The highest BCUT2D eigenvalue weighted by atomic mass is 16.6. The van der Waals surface area contributed by atoms with Crippen molar-refractivity contribution < 1.29 is 29.5 Å². The molecule has 0 bridgehead atoms. The normalized spacial score (nSPS) is 11.1. The molecule has 0 fully saturated rings. The van der Waals surface area contributed by atoms with E-state index in [1.807, 2.05) is 44.2 Å². The molecule has 4 rings (SSSR count). The van der Waals surface area contributed by atoms with Crippen molar-refractivity contribution in [1.29, 1.82) is 0 Å². The largest absolute Gasteiger partial charge is 0.502 e. The first kappa shape index (κ1) is 25.0. The maximum absolute atomic E-state index is 11.3. The van der Waals surface area contributed by atoms with Gasteiger partial charge in [0.2, 0.25) is 0 Å². The Morgan fingerprint density at radius 2 is 1.16 bits per heavy atom. The summed E-state index contributed by atoms with van der Waals surface area (Å²) in [6, 6.07) is 22.0. The lowest BCUT2D eigenvalue weighted by atomic mass is 9.77. The molecule has 0 aliphatic heterocycles. The quantitative estimate of drug-likeness (QED) is 0.197. The fourth-order valence-corrected chi connectivity index (χ4v) is 3.87. The van der Waals surface area contributed by atoms with Crippen LogP contribution in [0.15, 0.2) is 84.9 Å². The number of nitrogens with zero attached hydrogens (tertiary/aromatic N) is 2. The van der Waals surface area contributed by atoms with E-state index in [4.69, 9.17) is 9.47 Å². The Kier molecular flexibility index (Phi) is 6.66. The van der Waals surface area contributed by atoms with E-state index in [2.05, 4.69) is 0 Å². The van der Waals surface area contributed by atoms with Crippen LogP contribution >= 0.6 is 0 Å². The predicted molar refractivity (Wildman–Crippen MR) is 135 cm³/mol. The second-order valence-electron chi connectivity index (χ2n) is 8.67. The molecule has 0 saturated carbocycles. The highest BCUT2D eigenvalue weighted by Gasteiger charge is 2.28. The van der Waals surface area contributed by atoms with E-state index in [-0.39, 0.29) is 17.2 Å². The molecule has 0 aromatic heterocycles. The van der Waals surface area contributed by atoms with Crippen molar-refractivity contribution >= 4 is 11.4 Å². The lowest BCUT2D eigenvalue weighted by molar-refractivity contribution is -0.386. The fraction of sp³-hybridized carbons (Fsp3) is 0.111. The predicted octanol–water partition coefficient (Wildman–Crippen LogP) is 6.82. The van der Waals surface area contributed by atoms with Crippen LogP contribution in [0.3, 0.4) is 0 Å². The summed E-state index contributed by atoms with van der Waals surface area (Å²) in [5.41, 5.74) is 0.144. The number of phenolic OH excluding ortho intramolecular Hbond substituents is 2. The Hall–Kier alpha value is -5.12. The Balaban J connectivity index is 1.78. The van der Waals surface area contributed by atoms with Crippen LogP contribution in [-0.2, 0) is 5.41 Å². The smallest absolute Gasteiger partial charge is 0.314 e. The molecule has 37 heavy (non-hydrogen) atoms. The average molecular weight is 502 g/mol. The molecule has 10 heteroatoms. The average Bonchev–Trinajstić information content (AvgIpc) is 2.86. The van der Waals surface area contributed by atoms with Crippen molar-refractivity contribution in [3.8, 4) is 34.5 Å². The Morgan fingerprint density at radius 1 is 0.676 bits per heavy atom. The molecular formula is C27H22N2O8. The molecule has 0 unspecified atom stereocenters. The third-order valence-corrected chi connectivity index (χ3v) is 5.87. The second kappa shape index (κ2) is 9.86. The zero-order valence-corrected chi connectivity index (χ0v) is 19.8. The van der Waals surface area contributed by atoms with Crippen molar-refractivity contribution in [3.63, 3.8) is 0 Å². The molecule has 0 atom stereocenters. The van der Waals surface area contributed by atoms with E-state index >= 15 is 0 Å². The standard InChI is InChI=1S/C27H22N2O8/c1-27(2,17-6-4-3-5-7-17)21-11-8-20(36-18-9-12-24(30)22(14-18)28(32)33)16-26(21)37-19-10-13-25(31)23(15-19)29(34)35/h3-16,30-31H,1-2H3. The molecule has 4 aromatic carbocycles. The zero-order chi connectivity index (χ0) is 26.7. The summed E-state index contributed by atoms with van der Waals surface area (Å²) in [6.45, 7) is 3.99. The molecule has 0 amide bonds. The molecule has 0 aliphatic rings. The molecule has 0 heterocycles. The molecular weight excluding hydrogens is 480 g/mol. The summed E-state index contributed by atoms with van der Waals surface area (Å²) in [5, 5.41) is 42.0. The first-order chi connectivity index (χ1) is 17.6. The number of benzene rings is 4. The first-order valence-electron chi connectivity index (χ1n) is 11.1. The summed E-state index contributed by atoms with van der Waals surface area (Å²) in [7, 11) is 0. The molecule has 0 spiro atoms. The van der Waals surface area contributed by atoms with Crippen LogP contribution in [0.5, 0.6) is 34.5 Å². The van der Waals surface area contributed by atoms with Crippen LogP contribution < -0.4 is 9.47 Å². The van der Waals surface area contributed by atoms with Gasteiger partial charge in [-0.2, -0.15) is 0 Å². The van der Waals surface area contributed by atoms with Gasteiger partial charge in [0.15, 0.2) is 11.5 Å². The van der Waals surface area contributed by atoms with Crippen molar-refractivity contribution in [2.24, 2.45) is 0 Å². The number of nitro groups is 2. The van der Waals surface area contributed by atoms with Gasteiger partial charge >= 0.3 is 11.4 Å². The van der Waals surface area contributed by atoms with Gasteiger partial charge in [0.25, 0.3) is 0 Å². The number of aromatic hydroxyl groups is 2. The van der Waals surface area contributed by atoms with Gasteiger partial charge in [0.1, 0.15) is 23.0 Å². The minimum Gasteiger partial charge on any atom is -0.502 e. The van der Waals surface area contributed by atoms with Crippen molar-refractivity contribution in [1.82, 2.24) is 0 Å². The number of rotatable bonds is 8. The second-order valence-corrected chi connectivity index (χ2v) is 8.67. The van der Waals surface area contributed by atoms with E-state index in [0.717, 1.165) is 29.3 Å². The van der Waals surface area contributed by atoms with E-state index in [9.17, 15) is 30.4 Å². The molecule has 2 N–H and O–H groups in total. The number of nitro benzene ring substituents is 2. The Labute approximate surface area is 211 Å². The monoisotopic (exact) mass is 502 g/mol.